The SMILES string of the molecule is Cc1c(C(=O)NC(=O)Nc2ncn[nH]2)c(Cl)nc(Cl)c1[N+](=O)[O-]. The molecule has 0 aromatic carbocycles. The quantitative estimate of drug-likeness (QED) is 0.427. The first-order valence-electron chi connectivity index (χ1n) is 5.79. The van der Waals surface area contributed by atoms with E-state index in [2.05, 4.69) is 25.5 Å². The van der Waals surface area contributed by atoms with Crippen LogP contribution in [0.1, 0.15) is 15.9 Å². The average molecular weight is 360 g/mol. The number of nitrogens with one attached hydrogen (secondary N) is 3. The molecular weight excluding hydrogens is 353 g/mol. The van der Waals surface area contributed by atoms with Crippen molar-refractivity contribution in [3.05, 3.63) is 37.9 Å². The zero-order chi connectivity index (χ0) is 17.1. The van der Waals surface area contributed by atoms with E-state index >= 15 is 0 Å². The molecule has 2 rings (SSSR count). The number of amides is 3. The van der Waals surface area contributed by atoms with Crippen molar-refractivity contribution in [2.24, 2.45) is 0 Å². The van der Waals surface area contributed by atoms with Crippen molar-refractivity contribution in [2.45, 2.75) is 6.92 Å². The number of imide groups is 1. The van der Waals surface area contributed by atoms with E-state index in [1.165, 1.54) is 6.92 Å². The second kappa shape index (κ2) is 6.54. The molecule has 0 fully saturated rings. The summed E-state index contributed by atoms with van der Waals surface area (Å²) in [4.78, 5) is 41.1. The van der Waals surface area contributed by atoms with Crippen LogP contribution in [0.3, 0.4) is 0 Å². The summed E-state index contributed by atoms with van der Waals surface area (Å²) in [5, 5.41) is 20.1. The number of hydrogen-bond acceptors (Lipinski definition) is 7. The van der Waals surface area contributed by atoms with Gasteiger partial charge in [-0.25, -0.2) is 14.9 Å². The van der Waals surface area contributed by atoms with Gasteiger partial charge in [-0.15, -0.1) is 0 Å². The van der Waals surface area contributed by atoms with Gasteiger partial charge in [0, 0.05) is 5.56 Å². The van der Waals surface area contributed by atoms with E-state index in [9.17, 15) is 19.7 Å². The normalized spacial score (nSPS) is 10.2. The lowest BCUT2D eigenvalue weighted by atomic mass is 10.1. The molecule has 0 radical (unpaired) electrons. The molecule has 11 nitrogen and oxygen atoms in total. The molecule has 3 N–H and O–H groups in total. The minimum Gasteiger partial charge on any atom is -0.276 e. The molecule has 0 atom stereocenters. The van der Waals surface area contributed by atoms with E-state index < -0.39 is 27.7 Å². The number of aromatic amines is 1. The van der Waals surface area contributed by atoms with Gasteiger partial charge in [0.15, 0.2) is 0 Å². The van der Waals surface area contributed by atoms with Crippen molar-refractivity contribution in [2.75, 3.05) is 5.32 Å². The highest BCUT2D eigenvalue weighted by Gasteiger charge is 2.28. The van der Waals surface area contributed by atoms with Crippen LogP contribution in [0.2, 0.25) is 10.3 Å². The fraction of sp³-hybridized carbons (Fsp3) is 0.100. The van der Waals surface area contributed by atoms with Crippen LogP contribution in [0.15, 0.2) is 6.33 Å². The predicted molar refractivity (Wildman–Crippen MR) is 78.5 cm³/mol. The first-order chi connectivity index (χ1) is 10.8. The van der Waals surface area contributed by atoms with Gasteiger partial charge in [-0.05, 0) is 6.92 Å². The Kier molecular flexibility index (Phi) is 4.71. The standard InChI is InChI=1S/C10H7Cl2N7O4/c1-3-4(6(11)15-7(12)5(3)19(22)23)8(20)16-10(21)17-9-13-2-14-18-9/h2H,1H3,(H3,13,14,16,17,18,20,21). The Balaban J connectivity index is 2.27. The van der Waals surface area contributed by atoms with Crippen LogP contribution in [0, 0.1) is 17.0 Å². The van der Waals surface area contributed by atoms with Gasteiger partial charge in [-0.1, -0.05) is 23.2 Å². The van der Waals surface area contributed by atoms with E-state index in [0.717, 1.165) is 6.33 Å². The molecule has 2 aromatic rings. The number of pyridine rings is 1. The summed E-state index contributed by atoms with van der Waals surface area (Å²) in [6.45, 7) is 1.26. The predicted octanol–water partition coefficient (Wildman–Crippen LogP) is 1.69. The Bertz CT molecular complexity index is 793. The van der Waals surface area contributed by atoms with Crippen LogP contribution in [-0.2, 0) is 0 Å². The van der Waals surface area contributed by atoms with Crippen LogP contribution in [-0.4, -0.2) is 37.0 Å². The summed E-state index contributed by atoms with van der Waals surface area (Å²) in [6, 6.07) is -0.945. The molecule has 0 aliphatic rings. The highest BCUT2D eigenvalue weighted by molar-refractivity contribution is 6.36. The number of halogens is 2. The third-order valence-electron chi connectivity index (χ3n) is 2.61. The number of hydrogen-bond donors (Lipinski definition) is 3. The average Bonchev–Trinajstić information content (AvgIpc) is 2.89. The van der Waals surface area contributed by atoms with E-state index in [0.29, 0.717) is 0 Å². The van der Waals surface area contributed by atoms with Crippen molar-refractivity contribution in [3.8, 4) is 0 Å². The molecule has 0 spiro atoms. The van der Waals surface area contributed by atoms with Crippen molar-refractivity contribution < 1.29 is 14.5 Å². The molecule has 0 aliphatic heterocycles. The molecule has 2 aromatic heterocycles. The molecule has 23 heavy (non-hydrogen) atoms. The second-order valence-electron chi connectivity index (χ2n) is 4.04. The van der Waals surface area contributed by atoms with Gasteiger partial charge in [-0.3, -0.25) is 25.5 Å². The summed E-state index contributed by atoms with van der Waals surface area (Å²) < 4.78 is 0. The molecule has 0 unspecified atom stereocenters. The van der Waals surface area contributed by atoms with Gasteiger partial charge >= 0.3 is 11.7 Å². The Hall–Kier alpha value is -2.79. The molecule has 0 saturated carbocycles. The maximum Gasteiger partial charge on any atom is 0.328 e. The lowest BCUT2D eigenvalue weighted by Crippen LogP contribution is -2.35. The van der Waals surface area contributed by atoms with Crippen molar-refractivity contribution in [1.82, 2.24) is 25.5 Å². The minimum absolute atomic E-state index is 0.00155. The van der Waals surface area contributed by atoms with Gasteiger partial charge in [0.05, 0.1) is 10.5 Å². The zero-order valence-corrected chi connectivity index (χ0v) is 12.8. The summed E-state index contributed by atoms with van der Waals surface area (Å²) in [5.74, 6) is -0.991. The van der Waals surface area contributed by atoms with Crippen LogP contribution in [0.25, 0.3) is 0 Å². The topological polar surface area (TPSA) is 156 Å². The number of nitrogens with zero attached hydrogens (tertiary/aromatic N) is 4. The van der Waals surface area contributed by atoms with Gasteiger partial charge in [0.1, 0.15) is 11.5 Å². The highest BCUT2D eigenvalue weighted by atomic mass is 35.5. The fourth-order valence-electron chi connectivity index (χ4n) is 1.67. The minimum atomic E-state index is -0.989. The number of carbonyl (C=O) groups excluding carboxylic acids is 2. The number of rotatable bonds is 3. The first kappa shape index (κ1) is 16.6. The van der Waals surface area contributed by atoms with E-state index in [-0.39, 0.29) is 22.2 Å². The monoisotopic (exact) mass is 359 g/mol. The molecule has 120 valence electrons. The zero-order valence-electron chi connectivity index (χ0n) is 11.3. The first-order valence-corrected chi connectivity index (χ1v) is 6.54. The van der Waals surface area contributed by atoms with Gasteiger partial charge in [-0.2, -0.15) is 10.1 Å². The van der Waals surface area contributed by atoms with Crippen LogP contribution in [0.5, 0.6) is 0 Å². The number of H-pyrrole nitrogens is 1. The largest absolute Gasteiger partial charge is 0.328 e. The van der Waals surface area contributed by atoms with E-state index in [1.807, 2.05) is 5.32 Å². The molecule has 0 saturated heterocycles. The van der Waals surface area contributed by atoms with Gasteiger partial charge in [0.2, 0.25) is 11.1 Å². The smallest absolute Gasteiger partial charge is 0.276 e. The Labute approximate surface area is 137 Å². The van der Waals surface area contributed by atoms with E-state index in [1.54, 1.807) is 0 Å². The van der Waals surface area contributed by atoms with E-state index in [4.69, 9.17) is 23.2 Å². The summed E-state index contributed by atoms with van der Waals surface area (Å²) in [7, 11) is 0. The Morgan fingerprint density at radius 3 is 2.61 bits per heavy atom. The number of nitro groups is 1. The number of urea groups is 1. The highest BCUT2D eigenvalue weighted by Crippen LogP contribution is 2.32. The molecule has 2 heterocycles. The maximum absolute atomic E-state index is 12.1. The van der Waals surface area contributed by atoms with Crippen LogP contribution in [0.4, 0.5) is 16.4 Å². The number of anilines is 1. The third-order valence-corrected chi connectivity index (χ3v) is 3.15. The maximum atomic E-state index is 12.1. The van der Waals surface area contributed by atoms with Crippen molar-refractivity contribution >= 4 is 46.8 Å². The molecule has 13 heteroatoms. The molecule has 0 bridgehead atoms. The Morgan fingerprint density at radius 2 is 2.04 bits per heavy atom. The fourth-order valence-corrected chi connectivity index (χ4v) is 2.32. The number of carbonyl (C=O) groups is 2. The molecular formula is C10H7Cl2N7O4. The van der Waals surface area contributed by atoms with Crippen molar-refractivity contribution in [3.63, 3.8) is 0 Å². The lowest BCUT2D eigenvalue weighted by Gasteiger charge is -2.09. The summed E-state index contributed by atoms with van der Waals surface area (Å²) in [5.41, 5.74) is -1.03. The third kappa shape index (κ3) is 3.52. The van der Waals surface area contributed by atoms with Gasteiger partial charge < -0.3 is 0 Å². The van der Waals surface area contributed by atoms with Crippen molar-refractivity contribution in [1.29, 1.82) is 0 Å². The van der Waals surface area contributed by atoms with Gasteiger partial charge in [0.25, 0.3) is 5.91 Å². The summed E-state index contributed by atoms with van der Waals surface area (Å²) in [6.07, 6.45) is 1.14. The number of aromatic nitrogens is 4. The van der Waals surface area contributed by atoms with Crippen LogP contribution >= 0.6 is 23.2 Å². The molecule has 3 amide bonds. The second-order valence-corrected chi connectivity index (χ2v) is 4.76. The Morgan fingerprint density at radius 1 is 1.35 bits per heavy atom. The van der Waals surface area contributed by atoms with Crippen LogP contribution < -0.4 is 10.6 Å². The lowest BCUT2D eigenvalue weighted by molar-refractivity contribution is -0.385. The molecule has 0 aliphatic carbocycles. The summed E-state index contributed by atoms with van der Waals surface area (Å²) >= 11 is 11.4.